The lowest BCUT2D eigenvalue weighted by Crippen LogP contribution is -2.52. The third kappa shape index (κ3) is 4.64. The van der Waals surface area contributed by atoms with Crippen LogP contribution < -0.4 is 0 Å². The minimum Gasteiger partial charge on any atom is -0.467 e. The summed E-state index contributed by atoms with van der Waals surface area (Å²) in [7, 11) is 1.33. The Labute approximate surface area is 133 Å². The molecule has 1 aliphatic carbocycles. The average Bonchev–Trinajstić information content (AvgIpc) is 2.85. The van der Waals surface area contributed by atoms with E-state index in [0.29, 0.717) is 4.43 Å². The second-order valence-corrected chi connectivity index (χ2v) is 6.53. The minimum absolute atomic E-state index is 0.108. The predicted octanol–water partition coefficient (Wildman–Crippen LogP) is 2.92. The Balaban J connectivity index is 2.97. The summed E-state index contributed by atoms with van der Waals surface area (Å²) >= 11 is 2.09. The van der Waals surface area contributed by atoms with Crippen LogP contribution in [0.15, 0.2) is 12.2 Å². The van der Waals surface area contributed by atoms with Gasteiger partial charge >= 0.3 is 12.1 Å². The Morgan fingerprint density at radius 2 is 2.10 bits per heavy atom. The van der Waals surface area contributed by atoms with Crippen LogP contribution in [-0.2, 0) is 14.3 Å². The van der Waals surface area contributed by atoms with Gasteiger partial charge in [-0.25, -0.2) is 9.59 Å². The van der Waals surface area contributed by atoms with Gasteiger partial charge in [0.1, 0.15) is 11.6 Å². The summed E-state index contributed by atoms with van der Waals surface area (Å²) in [6.45, 7) is 5.43. The third-order valence-electron chi connectivity index (χ3n) is 2.90. The Morgan fingerprint density at radius 1 is 1.45 bits per heavy atom. The molecule has 0 saturated heterocycles. The number of alkyl halides is 1. The molecule has 0 bridgehead atoms. The maximum absolute atomic E-state index is 12.4. The van der Waals surface area contributed by atoms with Gasteiger partial charge in [0.15, 0.2) is 0 Å². The van der Waals surface area contributed by atoms with Crippen LogP contribution in [0.4, 0.5) is 4.79 Å². The van der Waals surface area contributed by atoms with Crippen molar-refractivity contribution >= 4 is 34.7 Å². The molecule has 20 heavy (non-hydrogen) atoms. The Bertz CT molecular complexity index is 389. The van der Waals surface area contributed by atoms with Gasteiger partial charge in [0.2, 0.25) is 0 Å². The molecule has 6 heteroatoms. The minimum atomic E-state index is -0.622. The van der Waals surface area contributed by atoms with E-state index in [1.165, 1.54) is 12.0 Å². The number of amides is 1. The van der Waals surface area contributed by atoms with Gasteiger partial charge in [-0.15, -0.1) is 0 Å². The van der Waals surface area contributed by atoms with Crippen LogP contribution in [-0.4, -0.2) is 46.2 Å². The van der Waals surface area contributed by atoms with Crippen molar-refractivity contribution in [3.63, 3.8) is 0 Å². The fourth-order valence-electron chi connectivity index (χ4n) is 2.04. The van der Waals surface area contributed by atoms with Crippen LogP contribution in [0.3, 0.4) is 0 Å². The van der Waals surface area contributed by atoms with E-state index in [0.717, 1.165) is 12.8 Å². The lowest BCUT2D eigenvalue weighted by Gasteiger charge is -2.34. The molecule has 2 unspecified atom stereocenters. The second-order valence-electron chi connectivity index (χ2n) is 5.65. The van der Waals surface area contributed by atoms with E-state index in [4.69, 9.17) is 9.47 Å². The Hall–Kier alpha value is -0.790. The fraction of sp³-hybridized carbons (Fsp3) is 0.714. The first-order chi connectivity index (χ1) is 9.30. The van der Waals surface area contributed by atoms with E-state index < -0.39 is 23.7 Å². The van der Waals surface area contributed by atoms with Gasteiger partial charge in [0, 0.05) is 4.43 Å². The van der Waals surface area contributed by atoms with Gasteiger partial charge in [0.25, 0.3) is 0 Å². The zero-order valence-electron chi connectivity index (χ0n) is 12.4. The quantitative estimate of drug-likeness (QED) is 0.318. The first kappa shape index (κ1) is 17.3. The van der Waals surface area contributed by atoms with Crippen LogP contribution >= 0.6 is 22.6 Å². The topological polar surface area (TPSA) is 55.8 Å². The predicted molar refractivity (Wildman–Crippen MR) is 84.9 cm³/mol. The molecule has 0 aromatic heterocycles. The highest BCUT2D eigenvalue weighted by Gasteiger charge is 2.37. The van der Waals surface area contributed by atoms with Crippen molar-refractivity contribution in [3.8, 4) is 0 Å². The average molecular weight is 395 g/mol. The van der Waals surface area contributed by atoms with E-state index in [1.54, 1.807) is 0 Å². The summed E-state index contributed by atoms with van der Waals surface area (Å²) in [5.74, 6) is -0.412. The molecule has 1 amide bonds. The first-order valence-corrected chi connectivity index (χ1v) is 8.14. The first-order valence-electron chi connectivity index (χ1n) is 6.62. The number of esters is 1. The van der Waals surface area contributed by atoms with Crippen molar-refractivity contribution < 1.29 is 19.1 Å². The van der Waals surface area contributed by atoms with Gasteiger partial charge in [-0.1, -0.05) is 34.7 Å². The molecular weight excluding hydrogens is 373 g/mol. The van der Waals surface area contributed by atoms with Crippen LogP contribution in [0.5, 0.6) is 0 Å². The van der Waals surface area contributed by atoms with E-state index in [9.17, 15) is 9.59 Å². The molecule has 2 atom stereocenters. The highest BCUT2D eigenvalue weighted by atomic mass is 127. The standard InChI is InChI=1S/C14H22INO4/c1-14(2,3)20-13(18)16(10-7-5-6-8-10)11(9-15)12(17)19-4/h5,7,10-11H,6,8-9H2,1-4H3. The van der Waals surface area contributed by atoms with Crippen LogP contribution in [0.1, 0.15) is 33.6 Å². The van der Waals surface area contributed by atoms with E-state index >= 15 is 0 Å². The van der Waals surface area contributed by atoms with Crippen LogP contribution in [0.2, 0.25) is 0 Å². The molecule has 0 aromatic rings. The summed E-state index contributed by atoms with van der Waals surface area (Å²) in [5.41, 5.74) is -0.594. The van der Waals surface area contributed by atoms with Gasteiger partial charge in [-0.3, -0.25) is 4.90 Å². The SMILES string of the molecule is COC(=O)C(CI)N(C(=O)OC(C)(C)C)C1C=CCC1. The summed E-state index contributed by atoms with van der Waals surface area (Å²) in [6, 6.07) is -0.730. The maximum atomic E-state index is 12.4. The van der Waals surface area contributed by atoms with Gasteiger partial charge in [-0.05, 0) is 33.6 Å². The van der Waals surface area contributed by atoms with Gasteiger partial charge in [0.05, 0.1) is 13.2 Å². The lowest BCUT2D eigenvalue weighted by molar-refractivity contribution is -0.146. The molecule has 114 valence electrons. The second kappa shape index (κ2) is 7.28. The number of methoxy groups -OCH3 is 1. The lowest BCUT2D eigenvalue weighted by atomic mass is 10.1. The normalized spacial score (nSPS) is 19.6. The number of hydrogen-bond donors (Lipinski definition) is 0. The summed E-state index contributed by atoms with van der Waals surface area (Å²) in [6.07, 6.45) is 5.21. The highest BCUT2D eigenvalue weighted by molar-refractivity contribution is 14.1. The van der Waals surface area contributed by atoms with Crippen molar-refractivity contribution in [3.05, 3.63) is 12.2 Å². The molecule has 0 heterocycles. The van der Waals surface area contributed by atoms with Crippen molar-refractivity contribution in [1.29, 1.82) is 0 Å². The molecule has 0 spiro atoms. The maximum Gasteiger partial charge on any atom is 0.411 e. The molecular formula is C14H22INO4. The van der Waals surface area contributed by atoms with E-state index in [-0.39, 0.29) is 6.04 Å². The van der Waals surface area contributed by atoms with Crippen molar-refractivity contribution in [2.75, 3.05) is 11.5 Å². The molecule has 0 saturated carbocycles. The zero-order chi connectivity index (χ0) is 15.3. The Kier molecular flexibility index (Phi) is 6.29. The number of hydrogen-bond acceptors (Lipinski definition) is 4. The molecule has 0 fully saturated rings. The molecule has 0 aliphatic heterocycles. The third-order valence-corrected chi connectivity index (χ3v) is 3.74. The van der Waals surface area contributed by atoms with Crippen LogP contribution in [0.25, 0.3) is 0 Å². The Morgan fingerprint density at radius 3 is 2.50 bits per heavy atom. The molecule has 1 rings (SSSR count). The van der Waals surface area contributed by atoms with E-state index in [2.05, 4.69) is 22.6 Å². The molecule has 1 aliphatic rings. The number of carbonyl (C=O) groups is 2. The van der Waals surface area contributed by atoms with Crippen molar-refractivity contribution in [1.82, 2.24) is 4.90 Å². The number of carbonyl (C=O) groups excluding carboxylic acids is 2. The molecule has 0 N–H and O–H groups in total. The summed E-state index contributed by atoms with van der Waals surface area (Å²) < 4.78 is 10.7. The fourth-order valence-corrected chi connectivity index (χ4v) is 2.83. The van der Waals surface area contributed by atoms with Gasteiger partial charge < -0.3 is 9.47 Å². The highest BCUT2D eigenvalue weighted by Crippen LogP contribution is 2.23. The number of nitrogens with zero attached hydrogens (tertiary/aromatic N) is 1. The zero-order valence-corrected chi connectivity index (χ0v) is 14.5. The largest absolute Gasteiger partial charge is 0.467 e. The number of ether oxygens (including phenoxy) is 2. The van der Waals surface area contributed by atoms with Gasteiger partial charge in [-0.2, -0.15) is 0 Å². The summed E-state index contributed by atoms with van der Waals surface area (Å²) in [4.78, 5) is 25.8. The molecule has 0 aromatic carbocycles. The molecule has 0 radical (unpaired) electrons. The van der Waals surface area contributed by atoms with Crippen LogP contribution in [0, 0.1) is 0 Å². The number of rotatable bonds is 4. The number of allylic oxidation sites excluding steroid dienone is 1. The van der Waals surface area contributed by atoms with E-state index in [1.807, 2.05) is 32.9 Å². The smallest absolute Gasteiger partial charge is 0.411 e. The van der Waals surface area contributed by atoms with Crippen molar-refractivity contribution in [2.45, 2.75) is 51.3 Å². The van der Waals surface area contributed by atoms with Crippen molar-refractivity contribution in [2.24, 2.45) is 0 Å². The monoisotopic (exact) mass is 395 g/mol. The molecule has 5 nitrogen and oxygen atoms in total. The number of halogens is 1. The summed E-state index contributed by atoms with van der Waals surface area (Å²) in [5, 5.41) is 0.